The van der Waals surface area contributed by atoms with Crippen LogP contribution in [0.2, 0.25) is 0 Å². The number of para-hydroxylation sites is 1. The predicted molar refractivity (Wildman–Crippen MR) is 81.0 cm³/mol. The number of nitrogens with one attached hydrogen (secondary N) is 1. The molecule has 0 radical (unpaired) electrons. The lowest BCUT2D eigenvalue weighted by Crippen LogP contribution is -2.37. The molecular weight excluding hydrogens is 250 g/mol. The molecule has 2 aromatic rings. The summed E-state index contributed by atoms with van der Waals surface area (Å²) in [6.07, 6.45) is 3.88. The second-order valence-electron chi connectivity index (χ2n) is 6.41. The Morgan fingerprint density at radius 2 is 2.25 bits per heavy atom. The Morgan fingerprint density at radius 3 is 2.95 bits per heavy atom. The van der Waals surface area contributed by atoms with Gasteiger partial charge in [0.2, 0.25) is 0 Å². The van der Waals surface area contributed by atoms with Crippen LogP contribution < -0.4 is 10.1 Å². The Balaban J connectivity index is 1.75. The van der Waals surface area contributed by atoms with E-state index in [0.29, 0.717) is 11.5 Å². The summed E-state index contributed by atoms with van der Waals surface area (Å²) in [5.74, 6) is 1.78. The summed E-state index contributed by atoms with van der Waals surface area (Å²) >= 11 is 0. The van der Waals surface area contributed by atoms with Crippen LogP contribution in [0.5, 0.6) is 5.75 Å². The summed E-state index contributed by atoms with van der Waals surface area (Å²) in [6, 6.07) is 8.67. The number of benzene rings is 1. The number of fused-ring (bicyclic) bond motifs is 1. The van der Waals surface area contributed by atoms with Crippen LogP contribution in [0.3, 0.4) is 0 Å². The van der Waals surface area contributed by atoms with Crippen LogP contribution in [0, 0.1) is 5.41 Å². The minimum absolute atomic E-state index is 0.393. The highest BCUT2D eigenvalue weighted by atomic mass is 16.5. The Bertz CT molecular complexity index is 600. The van der Waals surface area contributed by atoms with Crippen molar-refractivity contribution in [2.45, 2.75) is 45.7 Å². The number of ether oxygens (including phenoxy) is 1. The summed E-state index contributed by atoms with van der Waals surface area (Å²) < 4.78 is 11.3. The van der Waals surface area contributed by atoms with Crippen LogP contribution in [0.4, 0.5) is 0 Å². The van der Waals surface area contributed by atoms with Gasteiger partial charge in [-0.2, -0.15) is 0 Å². The molecule has 1 aliphatic carbocycles. The van der Waals surface area contributed by atoms with Crippen molar-refractivity contribution in [3.8, 4) is 5.75 Å². The lowest BCUT2D eigenvalue weighted by Gasteiger charge is -2.27. The van der Waals surface area contributed by atoms with E-state index in [1.807, 2.05) is 12.1 Å². The first-order valence-corrected chi connectivity index (χ1v) is 7.39. The van der Waals surface area contributed by atoms with Gasteiger partial charge in [-0.1, -0.05) is 32.4 Å². The standard InChI is InChI=1S/C17H23NO2/c1-17(2)9-5-8-15(17)18-11-13-10-12-6-4-7-14(19-3)16(12)20-13/h4,6-7,10,15,18H,5,8-9,11H2,1-3H3. The van der Waals surface area contributed by atoms with Gasteiger partial charge in [0.05, 0.1) is 13.7 Å². The maximum Gasteiger partial charge on any atom is 0.176 e. The summed E-state index contributed by atoms with van der Waals surface area (Å²) in [5, 5.41) is 4.76. The van der Waals surface area contributed by atoms with Crippen LogP contribution in [-0.4, -0.2) is 13.2 Å². The fourth-order valence-electron chi connectivity index (χ4n) is 3.27. The molecule has 0 amide bonds. The van der Waals surface area contributed by atoms with Gasteiger partial charge in [-0.3, -0.25) is 0 Å². The first-order valence-electron chi connectivity index (χ1n) is 7.39. The van der Waals surface area contributed by atoms with E-state index in [4.69, 9.17) is 9.15 Å². The predicted octanol–water partition coefficient (Wildman–Crippen LogP) is 4.11. The molecule has 1 aliphatic rings. The van der Waals surface area contributed by atoms with Crippen LogP contribution >= 0.6 is 0 Å². The molecule has 1 unspecified atom stereocenters. The molecule has 108 valence electrons. The van der Waals surface area contributed by atoms with Crippen molar-refractivity contribution in [2.75, 3.05) is 7.11 Å². The van der Waals surface area contributed by atoms with Crippen molar-refractivity contribution in [3.63, 3.8) is 0 Å². The van der Waals surface area contributed by atoms with Crippen LogP contribution in [0.1, 0.15) is 38.9 Å². The van der Waals surface area contributed by atoms with Crippen molar-refractivity contribution in [1.82, 2.24) is 5.32 Å². The van der Waals surface area contributed by atoms with Crippen molar-refractivity contribution in [2.24, 2.45) is 5.41 Å². The van der Waals surface area contributed by atoms with Crippen molar-refractivity contribution in [3.05, 3.63) is 30.0 Å². The zero-order valence-electron chi connectivity index (χ0n) is 12.5. The maximum atomic E-state index is 5.93. The number of rotatable bonds is 4. The summed E-state index contributed by atoms with van der Waals surface area (Å²) in [6.45, 7) is 5.48. The van der Waals surface area contributed by atoms with Gasteiger partial charge in [0.25, 0.3) is 0 Å². The zero-order chi connectivity index (χ0) is 14.2. The molecule has 1 fully saturated rings. The Morgan fingerprint density at radius 1 is 1.40 bits per heavy atom. The normalized spacial score (nSPS) is 21.4. The van der Waals surface area contributed by atoms with E-state index < -0.39 is 0 Å². The largest absolute Gasteiger partial charge is 0.493 e. The Kier molecular flexibility index (Phi) is 3.47. The molecule has 0 aliphatic heterocycles. The molecule has 3 heteroatoms. The van der Waals surface area contributed by atoms with Gasteiger partial charge in [0.15, 0.2) is 11.3 Å². The van der Waals surface area contributed by atoms with Gasteiger partial charge >= 0.3 is 0 Å². The maximum absolute atomic E-state index is 5.93. The van der Waals surface area contributed by atoms with Crippen LogP contribution in [0.15, 0.2) is 28.7 Å². The SMILES string of the molecule is COc1cccc2cc(CNC3CCCC3(C)C)oc12. The molecule has 20 heavy (non-hydrogen) atoms. The Labute approximate surface area is 120 Å². The van der Waals surface area contributed by atoms with E-state index in [0.717, 1.165) is 29.0 Å². The quantitative estimate of drug-likeness (QED) is 0.910. The van der Waals surface area contributed by atoms with Gasteiger partial charge in [-0.15, -0.1) is 0 Å². The topological polar surface area (TPSA) is 34.4 Å². The fraction of sp³-hybridized carbons (Fsp3) is 0.529. The molecule has 0 spiro atoms. The average Bonchev–Trinajstić information content (AvgIpc) is 2.98. The first-order chi connectivity index (χ1) is 9.60. The molecule has 1 aromatic carbocycles. The van der Waals surface area contributed by atoms with Crippen LogP contribution in [-0.2, 0) is 6.54 Å². The fourth-order valence-corrected chi connectivity index (χ4v) is 3.27. The van der Waals surface area contributed by atoms with Gasteiger partial charge in [0.1, 0.15) is 5.76 Å². The highest BCUT2D eigenvalue weighted by molar-refractivity contribution is 5.83. The molecular formula is C17H23NO2. The van der Waals surface area contributed by atoms with E-state index in [1.165, 1.54) is 19.3 Å². The first kappa shape index (κ1) is 13.5. The van der Waals surface area contributed by atoms with E-state index in [2.05, 4.69) is 31.3 Å². The lowest BCUT2D eigenvalue weighted by molar-refractivity contribution is 0.276. The second kappa shape index (κ2) is 5.13. The smallest absolute Gasteiger partial charge is 0.176 e. The van der Waals surface area contributed by atoms with E-state index in [9.17, 15) is 0 Å². The lowest BCUT2D eigenvalue weighted by atomic mass is 9.87. The minimum Gasteiger partial charge on any atom is -0.493 e. The summed E-state index contributed by atoms with van der Waals surface area (Å²) in [5.41, 5.74) is 1.24. The summed E-state index contributed by atoms with van der Waals surface area (Å²) in [4.78, 5) is 0. The summed E-state index contributed by atoms with van der Waals surface area (Å²) in [7, 11) is 1.68. The van der Waals surface area contributed by atoms with Gasteiger partial charge < -0.3 is 14.5 Å². The van der Waals surface area contributed by atoms with Crippen LogP contribution in [0.25, 0.3) is 11.0 Å². The molecule has 0 bridgehead atoms. The van der Waals surface area contributed by atoms with Crippen molar-refractivity contribution in [1.29, 1.82) is 0 Å². The minimum atomic E-state index is 0.393. The molecule has 1 heterocycles. The number of furan rings is 1. The highest BCUT2D eigenvalue weighted by Gasteiger charge is 2.33. The number of methoxy groups -OCH3 is 1. The third-order valence-corrected chi connectivity index (χ3v) is 4.56. The Hall–Kier alpha value is -1.48. The van der Waals surface area contributed by atoms with E-state index in [1.54, 1.807) is 7.11 Å². The average molecular weight is 273 g/mol. The van der Waals surface area contributed by atoms with Crippen molar-refractivity contribution < 1.29 is 9.15 Å². The number of hydrogen-bond acceptors (Lipinski definition) is 3. The second-order valence-corrected chi connectivity index (χ2v) is 6.41. The number of hydrogen-bond donors (Lipinski definition) is 1. The monoisotopic (exact) mass is 273 g/mol. The van der Waals surface area contributed by atoms with Crippen molar-refractivity contribution >= 4 is 11.0 Å². The van der Waals surface area contributed by atoms with Gasteiger partial charge in [-0.05, 0) is 30.4 Å². The zero-order valence-corrected chi connectivity index (χ0v) is 12.5. The molecule has 1 N–H and O–H groups in total. The molecule has 3 nitrogen and oxygen atoms in total. The highest BCUT2D eigenvalue weighted by Crippen LogP contribution is 2.37. The molecule has 1 aromatic heterocycles. The molecule has 1 saturated carbocycles. The van der Waals surface area contributed by atoms with Gasteiger partial charge in [-0.25, -0.2) is 0 Å². The molecule has 0 saturated heterocycles. The van der Waals surface area contributed by atoms with E-state index in [-0.39, 0.29) is 0 Å². The molecule has 3 rings (SSSR count). The third kappa shape index (κ3) is 2.42. The molecule has 1 atom stereocenters. The van der Waals surface area contributed by atoms with E-state index >= 15 is 0 Å². The van der Waals surface area contributed by atoms with Gasteiger partial charge in [0, 0.05) is 11.4 Å². The third-order valence-electron chi connectivity index (χ3n) is 4.56.